The fraction of sp³-hybridized carbons (Fsp3) is 0.391. The van der Waals surface area contributed by atoms with Crippen molar-refractivity contribution in [1.29, 1.82) is 0 Å². The number of likely N-dealkylation sites (N-methyl/N-ethyl adjacent to an activating group) is 1. The second kappa shape index (κ2) is 8.75. The van der Waals surface area contributed by atoms with Crippen LogP contribution in [0.25, 0.3) is 0 Å². The van der Waals surface area contributed by atoms with Crippen molar-refractivity contribution in [2.24, 2.45) is 0 Å². The molecule has 0 bridgehead atoms. The standard InChI is InChI=1S/C23H26ClN3O4S/c1-3-25(12-17-7-5-4-6-8-17)22(28)13-26-20-14-32(30,31)15-21(20)27(23(26)29)18-10-9-16(2)19(24)11-18/h4-11,20-21H,3,12-15H2,1-2H3/t20-,21+/m0/s1. The Bertz CT molecular complexity index is 1140. The van der Waals surface area contributed by atoms with Crippen molar-refractivity contribution in [3.05, 3.63) is 64.7 Å². The van der Waals surface area contributed by atoms with Gasteiger partial charge in [0, 0.05) is 23.8 Å². The first-order valence-electron chi connectivity index (χ1n) is 10.6. The number of amides is 3. The highest BCUT2D eigenvalue weighted by molar-refractivity contribution is 7.91. The smallest absolute Gasteiger partial charge is 0.325 e. The lowest BCUT2D eigenvalue weighted by atomic mass is 10.1. The lowest BCUT2D eigenvalue weighted by Gasteiger charge is -2.26. The van der Waals surface area contributed by atoms with E-state index >= 15 is 0 Å². The van der Waals surface area contributed by atoms with Crippen LogP contribution in [0.5, 0.6) is 0 Å². The van der Waals surface area contributed by atoms with Crippen molar-refractivity contribution in [1.82, 2.24) is 9.80 Å². The third kappa shape index (κ3) is 4.34. The third-order valence-electron chi connectivity index (χ3n) is 6.17. The van der Waals surface area contributed by atoms with Crippen LogP contribution in [0.4, 0.5) is 10.5 Å². The van der Waals surface area contributed by atoms with Gasteiger partial charge in [-0.15, -0.1) is 0 Å². The van der Waals surface area contributed by atoms with E-state index in [1.165, 1.54) is 9.80 Å². The zero-order valence-electron chi connectivity index (χ0n) is 18.1. The number of halogens is 1. The molecule has 7 nitrogen and oxygen atoms in total. The fourth-order valence-corrected chi connectivity index (χ4v) is 6.55. The van der Waals surface area contributed by atoms with E-state index in [4.69, 9.17) is 11.6 Å². The monoisotopic (exact) mass is 475 g/mol. The highest BCUT2D eigenvalue weighted by Crippen LogP contribution is 2.36. The molecule has 2 fully saturated rings. The minimum absolute atomic E-state index is 0.124. The van der Waals surface area contributed by atoms with Crippen molar-refractivity contribution in [2.75, 3.05) is 29.5 Å². The molecule has 2 heterocycles. The molecule has 0 radical (unpaired) electrons. The molecule has 0 unspecified atom stereocenters. The number of anilines is 1. The van der Waals surface area contributed by atoms with Crippen LogP contribution in [0, 0.1) is 6.92 Å². The van der Waals surface area contributed by atoms with E-state index in [2.05, 4.69) is 0 Å². The normalized spacial score (nSPS) is 21.7. The number of nitrogens with zero attached hydrogens (tertiary/aromatic N) is 3. The second-order valence-electron chi connectivity index (χ2n) is 8.32. The molecule has 0 aliphatic carbocycles. The minimum Gasteiger partial charge on any atom is -0.337 e. The summed E-state index contributed by atoms with van der Waals surface area (Å²) in [6.07, 6.45) is 0. The number of hydrogen-bond acceptors (Lipinski definition) is 4. The molecule has 2 aromatic carbocycles. The van der Waals surface area contributed by atoms with E-state index in [9.17, 15) is 18.0 Å². The summed E-state index contributed by atoms with van der Waals surface area (Å²) in [5.41, 5.74) is 2.40. The van der Waals surface area contributed by atoms with Gasteiger partial charge in [0.25, 0.3) is 0 Å². The summed E-state index contributed by atoms with van der Waals surface area (Å²) in [6, 6.07) is 13.4. The SMILES string of the molecule is CCN(Cc1ccccc1)C(=O)CN1C(=O)N(c2ccc(C)c(Cl)c2)[C@@H]2CS(=O)(=O)C[C@@H]21. The number of rotatable bonds is 6. The Balaban J connectivity index is 1.59. The lowest BCUT2D eigenvalue weighted by molar-refractivity contribution is -0.132. The van der Waals surface area contributed by atoms with Gasteiger partial charge in [-0.25, -0.2) is 13.2 Å². The second-order valence-corrected chi connectivity index (χ2v) is 10.9. The van der Waals surface area contributed by atoms with Crippen LogP contribution in [-0.2, 0) is 21.2 Å². The van der Waals surface area contributed by atoms with E-state index in [1.807, 2.05) is 44.2 Å². The van der Waals surface area contributed by atoms with Crippen LogP contribution in [0.3, 0.4) is 0 Å². The van der Waals surface area contributed by atoms with Gasteiger partial charge in [-0.3, -0.25) is 9.69 Å². The fourth-order valence-electron chi connectivity index (χ4n) is 4.42. The molecule has 0 aromatic heterocycles. The number of sulfone groups is 1. The van der Waals surface area contributed by atoms with Crippen LogP contribution >= 0.6 is 11.6 Å². The average molecular weight is 476 g/mol. The Kier molecular flexibility index (Phi) is 6.18. The summed E-state index contributed by atoms with van der Waals surface area (Å²) in [7, 11) is -3.32. The van der Waals surface area contributed by atoms with Gasteiger partial charge in [0.2, 0.25) is 5.91 Å². The highest BCUT2D eigenvalue weighted by Gasteiger charge is 2.54. The highest BCUT2D eigenvalue weighted by atomic mass is 35.5. The maximum Gasteiger partial charge on any atom is 0.325 e. The van der Waals surface area contributed by atoms with Crippen LogP contribution in [-0.4, -0.2) is 66.8 Å². The summed E-state index contributed by atoms with van der Waals surface area (Å²) in [5, 5.41) is 0.502. The Morgan fingerprint density at radius 1 is 1.12 bits per heavy atom. The first-order valence-corrected chi connectivity index (χ1v) is 12.8. The maximum absolute atomic E-state index is 13.4. The molecule has 2 aromatic rings. The molecule has 0 spiro atoms. The van der Waals surface area contributed by atoms with Crippen molar-refractivity contribution in [3.8, 4) is 0 Å². The zero-order chi connectivity index (χ0) is 23.0. The maximum atomic E-state index is 13.4. The molecular formula is C23H26ClN3O4S. The third-order valence-corrected chi connectivity index (χ3v) is 8.27. The molecule has 2 atom stereocenters. The van der Waals surface area contributed by atoms with Crippen molar-refractivity contribution < 1.29 is 18.0 Å². The van der Waals surface area contributed by atoms with E-state index in [0.717, 1.165) is 11.1 Å². The van der Waals surface area contributed by atoms with Crippen LogP contribution < -0.4 is 4.90 Å². The van der Waals surface area contributed by atoms with Crippen molar-refractivity contribution in [3.63, 3.8) is 0 Å². The number of urea groups is 1. The number of carbonyl (C=O) groups is 2. The van der Waals surface area contributed by atoms with Gasteiger partial charge in [0.1, 0.15) is 6.54 Å². The van der Waals surface area contributed by atoms with Crippen LogP contribution in [0.1, 0.15) is 18.1 Å². The predicted octanol–water partition coefficient (Wildman–Crippen LogP) is 3.10. The molecular weight excluding hydrogens is 450 g/mol. The molecule has 32 heavy (non-hydrogen) atoms. The number of benzene rings is 2. The van der Waals surface area contributed by atoms with Gasteiger partial charge in [-0.1, -0.05) is 48.0 Å². The number of fused-ring (bicyclic) bond motifs is 1. The molecule has 0 N–H and O–H groups in total. The molecule has 2 aliphatic heterocycles. The van der Waals surface area contributed by atoms with Gasteiger partial charge >= 0.3 is 6.03 Å². The molecule has 2 aliphatic rings. The van der Waals surface area contributed by atoms with Gasteiger partial charge in [0.15, 0.2) is 9.84 Å². The molecule has 0 saturated carbocycles. The van der Waals surface area contributed by atoms with Gasteiger partial charge in [0.05, 0.1) is 23.6 Å². The summed E-state index contributed by atoms with van der Waals surface area (Å²) < 4.78 is 24.9. The van der Waals surface area contributed by atoms with E-state index in [1.54, 1.807) is 23.1 Å². The van der Waals surface area contributed by atoms with Gasteiger partial charge < -0.3 is 9.80 Å². The Labute approximate surface area is 193 Å². The first-order chi connectivity index (χ1) is 15.2. The molecule has 170 valence electrons. The van der Waals surface area contributed by atoms with E-state index in [0.29, 0.717) is 23.8 Å². The van der Waals surface area contributed by atoms with Gasteiger partial charge in [-0.05, 0) is 37.1 Å². The number of aryl methyl sites for hydroxylation is 1. The summed E-state index contributed by atoms with van der Waals surface area (Å²) in [5.74, 6) is -0.477. The van der Waals surface area contributed by atoms with E-state index < -0.39 is 21.9 Å². The zero-order valence-corrected chi connectivity index (χ0v) is 19.6. The Morgan fingerprint density at radius 2 is 1.81 bits per heavy atom. The molecule has 3 amide bonds. The summed E-state index contributed by atoms with van der Waals surface area (Å²) >= 11 is 6.27. The minimum atomic E-state index is -3.32. The molecule has 2 saturated heterocycles. The predicted molar refractivity (Wildman–Crippen MR) is 125 cm³/mol. The lowest BCUT2D eigenvalue weighted by Crippen LogP contribution is -2.45. The molecule has 9 heteroatoms. The van der Waals surface area contributed by atoms with Gasteiger partial charge in [-0.2, -0.15) is 0 Å². The quantitative estimate of drug-likeness (QED) is 0.601. The largest absolute Gasteiger partial charge is 0.337 e. The Morgan fingerprint density at radius 3 is 2.47 bits per heavy atom. The number of hydrogen-bond donors (Lipinski definition) is 0. The number of carbonyl (C=O) groups excluding carboxylic acids is 2. The first kappa shape index (κ1) is 22.6. The molecule has 4 rings (SSSR count). The summed E-state index contributed by atoms with van der Waals surface area (Å²) in [6.45, 7) is 4.50. The Hall–Kier alpha value is -2.58. The van der Waals surface area contributed by atoms with Crippen molar-refractivity contribution >= 4 is 39.1 Å². The average Bonchev–Trinajstić information content (AvgIpc) is 3.19. The van der Waals surface area contributed by atoms with Crippen LogP contribution in [0.2, 0.25) is 5.02 Å². The van der Waals surface area contributed by atoms with Crippen LogP contribution in [0.15, 0.2) is 48.5 Å². The summed E-state index contributed by atoms with van der Waals surface area (Å²) in [4.78, 5) is 31.1. The van der Waals surface area contributed by atoms with Crippen molar-refractivity contribution in [2.45, 2.75) is 32.5 Å². The topological polar surface area (TPSA) is 78.0 Å². The van der Waals surface area contributed by atoms with E-state index in [-0.39, 0.29) is 30.0 Å².